The van der Waals surface area contributed by atoms with Crippen LogP contribution in [0.25, 0.3) is 0 Å². The third kappa shape index (κ3) is 4.69. The third-order valence-corrected chi connectivity index (χ3v) is 4.81. The van der Waals surface area contributed by atoms with Crippen LogP contribution in [0.5, 0.6) is 0 Å². The zero-order valence-electron chi connectivity index (χ0n) is 16.5. The minimum absolute atomic E-state index is 0.0810. The van der Waals surface area contributed by atoms with Crippen molar-refractivity contribution in [2.45, 2.75) is 13.0 Å². The first-order valence-electron chi connectivity index (χ1n) is 9.63. The molecule has 0 radical (unpaired) electrons. The molecule has 8 heteroatoms. The van der Waals surface area contributed by atoms with Gasteiger partial charge in [-0.15, -0.1) is 0 Å². The molecule has 1 fully saturated rings. The summed E-state index contributed by atoms with van der Waals surface area (Å²) in [5, 5.41) is 13.7. The number of guanidine groups is 1. The highest BCUT2D eigenvalue weighted by molar-refractivity contribution is 5.80. The Hall–Kier alpha value is -2.87. The standard InChI is InChI=1S/C20H28N6O2/c1-3-21-20(23-15-17(27)16-7-5-4-6-8-16)26-13-11-25(12-14-26)18-19(28)24(2)10-9-22-18/h4-10,17,27H,3,11-15H2,1-2H3,(H,21,23). The molecule has 0 aliphatic carbocycles. The highest BCUT2D eigenvalue weighted by atomic mass is 16.3. The average molecular weight is 384 g/mol. The molecule has 1 unspecified atom stereocenters. The van der Waals surface area contributed by atoms with Crippen molar-refractivity contribution in [3.8, 4) is 0 Å². The molecule has 0 saturated carbocycles. The zero-order valence-corrected chi connectivity index (χ0v) is 16.5. The molecule has 1 aliphatic heterocycles. The number of aliphatic hydroxyl groups excluding tert-OH is 1. The van der Waals surface area contributed by atoms with E-state index in [0.717, 1.165) is 31.2 Å². The van der Waals surface area contributed by atoms with E-state index in [9.17, 15) is 9.90 Å². The Morgan fingerprint density at radius 1 is 1.25 bits per heavy atom. The summed E-state index contributed by atoms with van der Waals surface area (Å²) in [5.41, 5.74) is 0.778. The topological polar surface area (TPSA) is 86.0 Å². The number of rotatable bonds is 5. The van der Waals surface area contributed by atoms with Crippen molar-refractivity contribution in [1.29, 1.82) is 0 Å². The van der Waals surface area contributed by atoms with Gasteiger partial charge in [-0.3, -0.25) is 9.79 Å². The number of nitrogens with one attached hydrogen (secondary N) is 1. The summed E-state index contributed by atoms with van der Waals surface area (Å²) in [4.78, 5) is 25.3. The number of aliphatic imine (C=N–C) groups is 1. The van der Waals surface area contributed by atoms with E-state index in [1.807, 2.05) is 42.2 Å². The summed E-state index contributed by atoms with van der Waals surface area (Å²) in [6.45, 7) is 5.92. The monoisotopic (exact) mass is 384 g/mol. The van der Waals surface area contributed by atoms with E-state index in [1.54, 1.807) is 24.0 Å². The molecule has 28 heavy (non-hydrogen) atoms. The maximum absolute atomic E-state index is 12.3. The van der Waals surface area contributed by atoms with Crippen LogP contribution in [0, 0.1) is 0 Å². The first-order chi connectivity index (χ1) is 13.6. The quantitative estimate of drug-likeness (QED) is 0.580. The summed E-state index contributed by atoms with van der Waals surface area (Å²) < 4.78 is 1.55. The van der Waals surface area contributed by atoms with Crippen molar-refractivity contribution in [1.82, 2.24) is 19.8 Å². The van der Waals surface area contributed by atoms with Crippen LogP contribution in [0.1, 0.15) is 18.6 Å². The largest absolute Gasteiger partial charge is 0.386 e. The van der Waals surface area contributed by atoms with Crippen LogP contribution in [0.4, 0.5) is 5.82 Å². The van der Waals surface area contributed by atoms with Crippen molar-refractivity contribution in [3.05, 3.63) is 58.6 Å². The van der Waals surface area contributed by atoms with Gasteiger partial charge in [0.2, 0.25) is 0 Å². The SMILES string of the molecule is CCNC(=NCC(O)c1ccccc1)N1CCN(c2nccn(C)c2=O)CC1. The highest BCUT2D eigenvalue weighted by Crippen LogP contribution is 2.13. The second kappa shape index (κ2) is 9.36. The summed E-state index contributed by atoms with van der Waals surface area (Å²) in [6, 6.07) is 9.56. The van der Waals surface area contributed by atoms with Gasteiger partial charge in [-0.05, 0) is 12.5 Å². The summed E-state index contributed by atoms with van der Waals surface area (Å²) >= 11 is 0. The lowest BCUT2D eigenvalue weighted by atomic mass is 10.1. The van der Waals surface area contributed by atoms with Crippen LogP contribution in [0.3, 0.4) is 0 Å². The van der Waals surface area contributed by atoms with Gasteiger partial charge in [0.25, 0.3) is 5.56 Å². The number of benzene rings is 1. The molecular weight excluding hydrogens is 356 g/mol. The maximum Gasteiger partial charge on any atom is 0.293 e. The molecule has 2 aromatic rings. The van der Waals surface area contributed by atoms with Gasteiger partial charge < -0.3 is 24.8 Å². The van der Waals surface area contributed by atoms with Gasteiger partial charge in [-0.2, -0.15) is 0 Å². The highest BCUT2D eigenvalue weighted by Gasteiger charge is 2.22. The molecule has 150 valence electrons. The van der Waals surface area contributed by atoms with Gasteiger partial charge in [0.15, 0.2) is 11.8 Å². The lowest BCUT2D eigenvalue weighted by molar-refractivity contribution is 0.186. The maximum atomic E-state index is 12.3. The van der Waals surface area contributed by atoms with Gasteiger partial charge in [0.05, 0.1) is 12.6 Å². The molecule has 0 amide bonds. The fraction of sp³-hybridized carbons (Fsp3) is 0.450. The average Bonchev–Trinajstić information content (AvgIpc) is 2.74. The summed E-state index contributed by atoms with van der Waals surface area (Å²) in [7, 11) is 1.73. The predicted octanol–water partition coefficient (Wildman–Crippen LogP) is 0.601. The van der Waals surface area contributed by atoms with Crippen molar-refractivity contribution in [2.24, 2.45) is 12.0 Å². The van der Waals surface area contributed by atoms with Crippen LogP contribution < -0.4 is 15.8 Å². The molecule has 1 aromatic heterocycles. The van der Waals surface area contributed by atoms with Crippen LogP contribution in [0.2, 0.25) is 0 Å². The summed E-state index contributed by atoms with van der Waals surface area (Å²) in [5.74, 6) is 1.28. The van der Waals surface area contributed by atoms with Gasteiger partial charge in [0.1, 0.15) is 0 Å². The van der Waals surface area contributed by atoms with Gasteiger partial charge in [0, 0.05) is 52.2 Å². The molecule has 1 atom stereocenters. The molecule has 8 nitrogen and oxygen atoms in total. The Morgan fingerprint density at radius 3 is 2.64 bits per heavy atom. The Bertz CT molecular complexity index is 843. The van der Waals surface area contributed by atoms with Crippen LogP contribution in [0.15, 0.2) is 52.5 Å². The fourth-order valence-corrected chi connectivity index (χ4v) is 3.21. The number of nitrogens with zero attached hydrogens (tertiary/aromatic N) is 5. The number of piperazine rings is 1. The number of hydrogen-bond acceptors (Lipinski definition) is 5. The summed E-state index contributed by atoms with van der Waals surface area (Å²) in [6.07, 6.45) is 2.68. The van der Waals surface area contributed by atoms with E-state index >= 15 is 0 Å². The predicted molar refractivity (Wildman–Crippen MR) is 111 cm³/mol. The molecule has 0 spiro atoms. The molecular formula is C20H28N6O2. The van der Waals surface area contributed by atoms with E-state index in [-0.39, 0.29) is 5.56 Å². The minimum atomic E-state index is -0.632. The van der Waals surface area contributed by atoms with Gasteiger partial charge in [-0.25, -0.2) is 4.98 Å². The fourth-order valence-electron chi connectivity index (χ4n) is 3.21. The number of aliphatic hydroxyl groups is 1. The number of hydrogen-bond donors (Lipinski definition) is 2. The van der Waals surface area contributed by atoms with Crippen molar-refractivity contribution in [2.75, 3.05) is 44.2 Å². The van der Waals surface area contributed by atoms with Crippen LogP contribution in [-0.2, 0) is 7.05 Å². The Morgan fingerprint density at radius 2 is 1.96 bits per heavy atom. The second-order valence-electron chi connectivity index (χ2n) is 6.76. The lowest BCUT2D eigenvalue weighted by Crippen LogP contribution is -2.53. The van der Waals surface area contributed by atoms with Crippen molar-refractivity contribution < 1.29 is 5.11 Å². The van der Waals surface area contributed by atoms with Gasteiger partial charge >= 0.3 is 0 Å². The normalized spacial score (nSPS) is 16.2. The van der Waals surface area contributed by atoms with E-state index in [2.05, 4.69) is 20.2 Å². The smallest absolute Gasteiger partial charge is 0.293 e. The molecule has 2 heterocycles. The third-order valence-electron chi connectivity index (χ3n) is 4.81. The van der Waals surface area contributed by atoms with E-state index in [0.29, 0.717) is 25.5 Å². The molecule has 1 saturated heterocycles. The number of anilines is 1. The first kappa shape index (κ1) is 19.9. The van der Waals surface area contributed by atoms with E-state index in [1.165, 1.54) is 0 Å². The molecule has 1 aliphatic rings. The number of aromatic nitrogens is 2. The van der Waals surface area contributed by atoms with Gasteiger partial charge in [-0.1, -0.05) is 30.3 Å². The lowest BCUT2D eigenvalue weighted by Gasteiger charge is -2.36. The first-order valence-corrected chi connectivity index (χ1v) is 9.63. The van der Waals surface area contributed by atoms with E-state index in [4.69, 9.17) is 0 Å². The van der Waals surface area contributed by atoms with Crippen LogP contribution >= 0.6 is 0 Å². The van der Waals surface area contributed by atoms with Crippen molar-refractivity contribution >= 4 is 11.8 Å². The number of aryl methyl sites for hydroxylation is 1. The van der Waals surface area contributed by atoms with Crippen LogP contribution in [-0.4, -0.2) is 64.8 Å². The molecule has 1 aromatic carbocycles. The van der Waals surface area contributed by atoms with Crippen molar-refractivity contribution in [3.63, 3.8) is 0 Å². The molecule has 3 rings (SSSR count). The van der Waals surface area contributed by atoms with E-state index < -0.39 is 6.10 Å². The zero-order chi connectivity index (χ0) is 19.9. The molecule has 2 N–H and O–H groups in total. The Labute approximate surface area is 165 Å². The minimum Gasteiger partial charge on any atom is -0.386 e. The second-order valence-corrected chi connectivity index (χ2v) is 6.76. The Kier molecular flexibility index (Phi) is 6.65. The Balaban J connectivity index is 1.64. The molecule has 0 bridgehead atoms.